The molecule has 0 radical (unpaired) electrons. The number of rotatable bonds is 6. The van der Waals surface area contributed by atoms with E-state index < -0.39 is 23.6 Å². The van der Waals surface area contributed by atoms with Gasteiger partial charge >= 0.3 is 12.1 Å². The molecule has 0 saturated carbocycles. The minimum absolute atomic E-state index is 0.0133. The monoisotopic (exact) mass is 289 g/mol. The van der Waals surface area contributed by atoms with Gasteiger partial charge in [0.25, 0.3) is 0 Å². The van der Waals surface area contributed by atoms with Crippen LogP contribution in [-0.2, 0) is 17.4 Å². The summed E-state index contributed by atoms with van der Waals surface area (Å²) < 4.78 is 38.5. The third-order valence-corrected chi connectivity index (χ3v) is 3.21. The van der Waals surface area contributed by atoms with E-state index in [2.05, 4.69) is 0 Å². The van der Waals surface area contributed by atoms with E-state index >= 15 is 0 Å². The molecule has 112 valence electrons. The van der Waals surface area contributed by atoms with E-state index in [-0.39, 0.29) is 30.9 Å². The second kappa shape index (κ2) is 6.74. The highest BCUT2D eigenvalue weighted by Crippen LogP contribution is 2.33. The molecule has 0 fully saturated rings. The molecule has 0 heterocycles. The predicted octanol–water partition coefficient (Wildman–Crippen LogP) is 2.93. The van der Waals surface area contributed by atoms with Crippen LogP contribution in [-0.4, -0.2) is 17.6 Å². The number of hydrogen-bond acceptors (Lipinski definition) is 2. The van der Waals surface area contributed by atoms with Crippen molar-refractivity contribution < 1.29 is 23.1 Å². The SMILES string of the molecule is CC(Cc1ccccc1C(F)(F)F)CC(CN)C(=O)O. The van der Waals surface area contributed by atoms with Gasteiger partial charge in [-0.3, -0.25) is 4.79 Å². The van der Waals surface area contributed by atoms with Crippen molar-refractivity contribution in [1.82, 2.24) is 0 Å². The summed E-state index contributed by atoms with van der Waals surface area (Å²) in [5.41, 5.74) is 4.88. The highest BCUT2D eigenvalue weighted by molar-refractivity contribution is 5.70. The molecule has 0 aliphatic rings. The molecule has 0 bridgehead atoms. The number of benzene rings is 1. The number of carboxylic acid groups (broad SMARTS) is 1. The fraction of sp³-hybridized carbons (Fsp3) is 0.500. The average molecular weight is 289 g/mol. The fourth-order valence-corrected chi connectivity index (χ4v) is 2.22. The Bertz CT molecular complexity index is 460. The van der Waals surface area contributed by atoms with E-state index in [0.717, 1.165) is 6.07 Å². The number of aliphatic carboxylic acids is 1. The second-order valence-electron chi connectivity index (χ2n) is 4.97. The molecule has 1 rings (SSSR count). The Balaban J connectivity index is 2.81. The molecule has 0 aromatic heterocycles. The molecule has 0 spiro atoms. The van der Waals surface area contributed by atoms with Gasteiger partial charge in [-0.15, -0.1) is 0 Å². The lowest BCUT2D eigenvalue weighted by Gasteiger charge is -2.19. The Labute approximate surface area is 115 Å². The van der Waals surface area contributed by atoms with Crippen molar-refractivity contribution in [3.8, 4) is 0 Å². The summed E-state index contributed by atoms with van der Waals surface area (Å²) in [6.07, 6.45) is -3.95. The van der Waals surface area contributed by atoms with Crippen LogP contribution in [0.3, 0.4) is 0 Å². The van der Waals surface area contributed by atoms with Gasteiger partial charge in [0.05, 0.1) is 11.5 Å². The van der Waals surface area contributed by atoms with Crippen molar-refractivity contribution in [3.05, 3.63) is 35.4 Å². The van der Waals surface area contributed by atoms with E-state index in [4.69, 9.17) is 10.8 Å². The van der Waals surface area contributed by atoms with E-state index in [0.29, 0.717) is 0 Å². The van der Waals surface area contributed by atoms with Crippen molar-refractivity contribution in [1.29, 1.82) is 0 Å². The lowest BCUT2D eigenvalue weighted by atomic mass is 9.89. The van der Waals surface area contributed by atoms with Crippen LogP contribution in [0.1, 0.15) is 24.5 Å². The Morgan fingerprint density at radius 2 is 1.95 bits per heavy atom. The minimum atomic E-state index is -4.39. The van der Waals surface area contributed by atoms with Gasteiger partial charge in [-0.1, -0.05) is 25.1 Å². The van der Waals surface area contributed by atoms with Crippen molar-refractivity contribution in [2.75, 3.05) is 6.54 Å². The summed E-state index contributed by atoms with van der Waals surface area (Å²) in [6, 6.07) is 5.36. The van der Waals surface area contributed by atoms with Crippen LogP contribution in [0.4, 0.5) is 13.2 Å². The Kier molecular flexibility index (Phi) is 5.56. The molecule has 1 aromatic rings. The van der Waals surface area contributed by atoms with Crippen LogP contribution in [0.2, 0.25) is 0 Å². The first-order valence-corrected chi connectivity index (χ1v) is 6.33. The Morgan fingerprint density at radius 3 is 2.45 bits per heavy atom. The number of nitrogens with two attached hydrogens (primary N) is 1. The molecule has 0 aliphatic carbocycles. The molecule has 0 amide bonds. The number of alkyl halides is 3. The summed E-state index contributed by atoms with van der Waals surface area (Å²) in [5, 5.41) is 8.91. The van der Waals surface area contributed by atoms with E-state index in [9.17, 15) is 18.0 Å². The third-order valence-electron chi connectivity index (χ3n) is 3.21. The van der Waals surface area contributed by atoms with Crippen LogP contribution in [0.25, 0.3) is 0 Å². The molecule has 3 N–H and O–H groups in total. The van der Waals surface area contributed by atoms with Crippen LogP contribution in [0.15, 0.2) is 24.3 Å². The van der Waals surface area contributed by atoms with Crippen LogP contribution >= 0.6 is 0 Å². The molecule has 2 atom stereocenters. The molecule has 0 aliphatic heterocycles. The molecular formula is C14H18F3NO2. The molecule has 1 aromatic carbocycles. The van der Waals surface area contributed by atoms with Gasteiger partial charge in [0.2, 0.25) is 0 Å². The first kappa shape index (κ1) is 16.5. The molecule has 2 unspecified atom stereocenters. The summed E-state index contributed by atoms with van der Waals surface area (Å²) in [6.45, 7) is 1.72. The maximum absolute atomic E-state index is 12.8. The normalized spacial score (nSPS) is 14.8. The van der Waals surface area contributed by atoms with Gasteiger partial charge in [-0.05, 0) is 30.4 Å². The highest BCUT2D eigenvalue weighted by Gasteiger charge is 2.33. The van der Waals surface area contributed by atoms with E-state index in [1.54, 1.807) is 13.0 Å². The van der Waals surface area contributed by atoms with Gasteiger partial charge in [-0.2, -0.15) is 13.2 Å². The molecule has 3 nitrogen and oxygen atoms in total. The van der Waals surface area contributed by atoms with Gasteiger partial charge in [0.15, 0.2) is 0 Å². The Morgan fingerprint density at radius 1 is 1.35 bits per heavy atom. The fourth-order valence-electron chi connectivity index (χ4n) is 2.22. The highest BCUT2D eigenvalue weighted by atomic mass is 19.4. The first-order valence-electron chi connectivity index (χ1n) is 6.33. The van der Waals surface area contributed by atoms with Gasteiger partial charge in [0.1, 0.15) is 0 Å². The second-order valence-corrected chi connectivity index (χ2v) is 4.97. The topological polar surface area (TPSA) is 63.3 Å². The maximum Gasteiger partial charge on any atom is 0.416 e. The summed E-state index contributed by atoms with van der Waals surface area (Å²) in [7, 11) is 0. The van der Waals surface area contributed by atoms with Crippen LogP contribution < -0.4 is 5.73 Å². The van der Waals surface area contributed by atoms with Crippen LogP contribution in [0, 0.1) is 11.8 Å². The van der Waals surface area contributed by atoms with Crippen LogP contribution in [0.5, 0.6) is 0 Å². The standard InChI is InChI=1S/C14H18F3NO2/c1-9(7-11(8-18)13(19)20)6-10-4-2-3-5-12(10)14(15,16)17/h2-5,9,11H,6-8,18H2,1H3,(H,19,20). The van der Waals surface area contributed by atoms with Gasteiger partial charge < -0.3 is 10.8 Å². The van der Waals surface area contributed by atoms with Crippen molar-refractivity contribution in [3.63, 3.8) is 0 Å². The van der Waals surface area contributed by atoms with E-state index in [1.165, 1.54) is 12.1 Å². The molecule has 20 heavy (non-hydrogen) atoms. The summed E-state index contributed by atoms with van der Waals surface area (Å²) >= 11 is 0. The average Bonchev–Trinajstić information content (AvgIpc) is 2.35. The lowest BCUT2D eigenvalue weighted by Crippen LogP contribution is -2.26. The van der Waals surface area contributed by atoms with E-state index in [1.807, 2.05) is 0 Å². The first-order chi connectivity index (χ1) is 9.25. The molecule has 6 heteroatoms. The van der Waals surface area contributed by atoms with Crippen molar-refractivity contribution >= 4 is 5.97 Å². The summed E-state index contributed by atoms with van der Waals surface area (Å²) in [5.74, 6) is -1.92. The maximum atomic E-state index is 12.8. The van der Waals surface area contributed by atoms with Gasteiger partial charge in [-0.25, -0.2) is 0 Å². The molecular weight excluding hydrogens is 271 g/mol. The molecule has 0 saturated heterocycles. The number of halogens is 3. The van der Waals surface area contributed by atoms with Crippen molar-refractivity contribution in [2.45, 2.75) is 25.9 Å². The zero-order valence-corrected chi connectivity index (χ0v) is 11.2. The zero-order chi connectivity index (χ0) is 15.3. The van der Waals surface area contributed by atoms with Gasteiger partial charge in [0, 0.05) is 6.54 Å². The van der Waals surface area contributed by atoms with Crippen molar-refractivity contribution in [2.24, 2.45) is 17.6 Å². The number of hydrogen-bond donors (Lipinski definition) is 2. The summed E-state index contributed by atoms with van der Waals surface area (Å²) in [4.78, 5) is 10.9. The number of carbonyl (C=O) groups is 1. The zero-order valence-electron chi connectivity index (χ0n) is 11.2. The quantitative estimate of drug-likeness (QED) is 0.846. The minimum Gasteiger partial charge on any atom is -0.481 e. The lowest BCUT2D eigenvalue weighted by molar-refractivity contribution is -0.142. The number of carboxylic acids is 1. The third kappa shape index (κ3) is 4.52. The predicted molar refractivity (Wildman–Crippen MR) is 69.1 cm³/mol. The largest absolute Gasteiger partial charge is 0.481 e. The Hall–Kier alpha value is -1.56. The smallest absolute Gasteiger partial charge is 0.416 e.